The van der Waals surface area contributed by atoms with Crippen LogP contribution in [0.3, 0.4) is 0 Å². The molecule has 1 aromatic carbocycles. The molecule has 0 unspecified atom stereocenters. The van der Waals surface area contributed by atoms with Gasteiger partial charge in [0.2, 0.25) is 0 Å². The van der Waals surface area contributed by atoms with Gasteiger partial charge >= 0.3 is 0 Å². The van der Waals surface area contributed by atoms with E-state index < -0.39 is 11.7 Å². The Hall–Kier alpha value is -2.37. The Labute approximate surface area is 90.5 Å². The van der Waals surface area contributed by atoms with E-state index in [4.69, 9.17) is 11.5 Å². The monoisotopic (exact) mass is 220 g/mol. The van der Waals surface area contributed by atoms with Gasteiger partial charge in [0.15, 0.2) is 5.69 Å². The Balaban J connectivity index is 2.60. The lowest BCUT2D eigenvalue weighted by Crippen LogP contribution is -2.18. The fourth-order valence-electron chi connectivity index (χ4n) is 1.41. The Bertz CT molecular complexity index is 550. The Morgan fingerprint density at radius 1 is 1.44 bits per heavy atom. The second-order valence-corrected chi connectivity index (χ2v) is 3.20. The number of halogens is 1. The van der Waals surface area contributed by atoms with Gasteiger partial charge in [-0.2, -0.15) is 5.10 Å². The molecule has 0 aliphatic carbocycles. The number of hydrogen-bond acceptors (Lipinski definition) is 3. The number of nitrogens with zero attached hydrogens (tertiary/aromatic N) is 2. The van der Waals surface area contributed by atoms with Crippen LogP contribution < -0.4 is 11.5 Å². The van der Waals surface area contributed by atoms with Crippen molar-refractivity contribution in [3.05, 3.63) is 42.0 Å². The fraction of sp³-hybridized carbons (Fsp3) is 0. The molecule has 0 atom stereocenters. The Morgan fingerprint density at radius 2 is 2.19 bits per heavy atom. The smallest absolute Gasteiger partial charge is 0.269 e. The summed E-state index contributed by atoms with van der Waals surface area (Å²) in [6.07, 6.45) is 1.30. The number of aromatic nitrogens is 2. The average molecular weight is 220 g/mol. The van der Waals surface area contributed by atoms with Crippen LogP contribution in [0.15, 0.2) is 30.5 Å². The first-order valence-electron chi connectivity index (χ1n) is 4.49. The predicted octanol–water partition coefficient (Wildman–Crippen LogP) is 0.692. The van der Waals surface area contributed by atoms with Gasteiger partial charge in [-0.3, -0.25) is 4.79 Å². The van der Waals surface area contributed by atoms with E-state index in [0.717, 1.165) is 0 Å². The van der Waals surface area contributed by atoms with Gasteiger partial charge in [-0.15, -0.1) is 0 Å². The van der Waals surface area contributed by atoms with Crippen molar-refractivity contribution < 1.29 is 9.18 Å². The molecule has 0 aliphatic rings. The molecule has 4 N–H and O–H groups in total. The van der Waals surface area contributed by atoms with E-state index >= 15 is 0 Å². The van der Waals surface area contributed by atoms with Gasteiger partial charge in [-0.1, -0.05) is 6.07 Å². The summed E-state index contributed by atoms with van der Waals surface area (Å²) in [6.45, 7) is 0. The second kappa shape index (κ2) is 3.65. The van der Waals surface area contributed by atoms with Crippen molar-refractivity contribution in [2.24, 2.45) is 5.73 Å². The minimum absolute atomic E-state index is 0.0469. The van der Waals surface area contributed by atoms with Gasteiger partial charge in [0, 0.05) is 0 Å². The lowest BCUT2D eigenvalue weighted by molar-refractivity contribution is 0.0994. The van der Waals surface area contributed by atoms with Gasteiger partial charge in [-0.05, 0) is 18.2 Å². The molecule has 0 saturated carbocycles. The quantitative estimate of drug-likeness (QED) is 0.780. The van der Waals surface area contributed by atoms with Crippen LogP contribution in [-0.4, -0.2) is 15.7 Å². The highest BCUT2D eigenvalue weighted by Gasteiger charge is 2.15. The van der Waals surface area contributed by atoms with Gasteiger partial charge in [0.25, 0.3) is 5.91 Å². The lowest BCUT2D eigenvalue weighted by atomic mass is 10.3. The van der Waals surface area contributed by atoms with Gasteiger partial charge in [0.05, 0.1) is 17.6 Å². The summed E-state index contributed by atoms with van der Waals surface area (Å²) in [6, 6.07) is 5.63. The van der Waals surface area contributed by atoms with Crippen LogP contribution in [0.2, 0.25) is 0 Å². The molecule has 0 saturated heterocycles. The summed E-state index contributed by atoms with van der Waals surface area (Å²) in [7, 11) is 0. The number of benzene rings is 1. The molecule has 1 aromatic heterocycles. The molecular formula is C10H9FN4O. The number of amides is 1. The third-order valence-electron chi connectivity index (χ3n) is 2.08. The molecule has 6 heteroatoms. The van der Waals surface area contributed by atoms with Crippen molar-refractivity contribution in [1.82, 2.24) is 9.78 Å². The molecule has 82 valence electrons. The zero-order valence-corrected chi connectivity index (χ0v) is 8.22. The molecule has 0 fully saturated rings. The molecule has 1 amide bonds. The van der Waals surface area contributed by atoms with Crippen molar-refractivity contribution >= 4 is 11.6 Å². The number of carbonyl (C=O) groups is 1. The highest BCUT2D eigenvalue weighted by molar-refractivity contribution is 5.96. The predicted molar refractivity (Wildman–Crippen MR) is 56.5 cm³/mol. The number of hydrogen-bond donors (Lipinski definition) is 2. The van der Waals surface area contributed by atoms with E-state index in [2.05, 4.69) is 5.10 Å². The minimum atomic E-state index is -0.709. The van der Waals surface area contributed by atoms with Crippen molar-refractivity contribution in [2.75, 3.05) is 5.73 Å². The van der Waals surface area contributed by atoms with Crippen molar-refractivity contribution in [3.63, 3.8) is 0 Å². The van der Waals surface area contributed by atoms with Crippen molar-refractivity contribution in [3.8, 4) is 5.69 Å². The van der Waals surface area contributed by atoms with Crippen LogP contribution >= 0.6 is 0 Å². The molecule has 0 bridgehead atoms. The topological polar surface area (TPSA) is 86.9 Å². The standard InChI is InChI=1S/C10H9FN4O/c11-6-2-1-3-7(4-6)15-9(10(13)16)8(12)5-14-15/h1-5H,12H2,(H2,13,16). The number of nitrogens with two attached hydrogens (primary N) is 2. The maximum atomic E-state index is 13.0. The number of rotatable bonds is 2. The molecule has 16 heavy (non-hydrogen) atoms. The van der Waals surface area contributed by atoms with Crippen LogP contribution in [0.5, 0.6) is 0 Å². The van der Waals surface area contributed by atoms with Gasteiger partial charge in [0.1, 0.15) is 5.82 Å². The molecule has 1 heterocycles. The second-order valence-electron chi connectivity index (χ2n) is 3.20. The third-order valence-corrected chi connectivity index (χ3v) is 2.08. The summed E-state index contributed by atoms with van der Waals surface area (Å²) in [5.74, 6) is -1.14. The molecular weight excluding hydrogens is 211 g/mol. The van der Waals surface area contributed by atoms with E-state index in [-0.39, 0.29) is 11.4 Å². The lowest BCUT2D eigenvalue weighted by Gasteiger charge is -2.05. The highest BCUT2D eigenvalue weighted by atomic mass is 19.1. The Kier molecular flexibility index (Phi) is 2.32. The van der Waals surface area contributed by atoms with Gasteiger partial charge < -0.3 is 11.5 Å². The zero-order valence-electron chi connectivity index (χ0n) is 8.22. The minimum Gasteiger partial charge on any atom is -0.396 e. The number of primary amides is 1. The SMILES string of the molecule is NC(=O)c1c(N)cnn1-c1cccc(F)c1. The maximum Gasteiger partial charge on any atom is 0.269 e. The van der Waals surface area contributed by atoms with E-state index in [9.17, 15) is 9.18 Å². The van der Waals surface area contributed by atoms with Crippen molar-refractivity contribution in [1.29, 1.82) is 0 Å². The van der Waals surface area contributed by atoms with E-state index in [1.165, 1.54) is 29.1 Å². The molecule has 0 radical (unpaired) electrons. The largest absolute Gasteiger partial charge is 0.396 e. The van der Waals surface area contributed by atoms with Crippen LogP contribution in [-0.2, 0) is 0 Å². The van der Waals surface area contributed by atoms with Crippen molar-refractivity contribution in [2.45, 2.75) is 0 Å². The van der Waals surface area contributed by atoms with Crippen LogP contribution in [0, 0.1) is 5.82 Å². The third kappa shape index (κ3) is 1.60. The fourth-order valence-corrected chi connectivity index (χ4v) is 1.41. The Morgan fingerprint density at radius 3 is 2.81 bits per heavy atom. The normalized spacial score (nSPS) is 10.3. The summed E-state index contributed by atoms with van der Waals surface area (Å²) >= 11 is 0. The molecule has 0 aliphatic heterocycles. The molecule has 2 aromatic rings. The first-order chi connectivity index (χ1) is 7.59. The molecule has 0 spiro atoms. The van der Waals surface area contributed by atoms with E-state index in [1.807, 2.05) is 0 Å². The summed E-state index contributed by atoms with van der Waals surface area (Å²) in [5, 5.41) is 3.87. The van der Waals surface area contributed by atoms with Gasteiger partial charge in [-0.25, -0.2) is 9.07 Å². The van der Waals surface area contributed by atoms with Crippen LogP contribution in [0.4, 0.5) is 10.1 Å². The average Bonchev–Trinajstić information content (AvgIpc) is 2.60. The van der Waals surface area contributed by atoms with E-state index in [1.54, 1.807) is 6.07 Å². The number of anilines is 1. The number of nitrogen functional groups attached to an aromatic ring is 1. The summed E-state index contributed by atoms with van der Waals surface area (Å²) in [4.78, 5) is 11.1. The van der Waals surface area contributed by atoms with E-state index in [0.29, 0.717) is 5.69 Å². The van der Waals surface area contributed by atoms with Crippen LogP contribution in [0.1, 0.15) is 10.5 Å². The summed E-state index contributed by atoms with van der Waals surface area (Å²) in [5.41, 5.74) is 11.3. The first kappa shape index (κ1) is 10.2. The first-order valence-corrected chi connectivity index (χ1v) is 4.49. The zero-order chi connectivity index (χ0) is 11.7. The maximum absolute atomic E-state index is 13.0. The number of carbonyl (C=O) groups excluding carboxylic acids is 1. The van der Waals surface area contributed by atoms with Crippen LogP contribution in [0.25, 0.3) is 5.69 Å². The molecule has 2 rings (SSSR count). The molecule has 5 nitrogen and oxygen atoms in total. The summed E-state index contributed by atoms with van der Waals surface area (Å²) < 4.78 is 14.2. The highest BCUT2D eigenvalue weighted by Crippen LogP contribution is 2.16.